The van der Waals surface area contributed by atoms with Crippen LogP contribution in [0.25, 0.3) is 5.69 Å². The standard InChI is InChI=1S/C16H14N4O3S/c21-13(14-7-4-10-24-14)8-9-16(22)23-11-15-17-18-19-20(15)12-5-2-1-3-6-12/h1-7,10H,8-9,11H2. The van der Waals surface area contributed by atoms with Gasteiger partial charge in [-0.15, -0.1) is 16.4 Å². The molecule has 0 spiro atoms. The molecule has 0 radical (unpaired) electrons. The van der Waals surface area contributed by atoms with Crippen LogP contribution in [0, 0.1) is 0 Å². The fourth-order valence-corrected chi connectivity index (χ4v) is 2.75. The van der Waals surface area contributed by atoms with Gasteiger partial charge in [-0.05, 0) is 34.0 Å². The molecule has 0 atom stereocenters. The Morgan fingerprint density at radius 2 is 1.92 bits per heavy atom. The number of tetrazole rings is 1. The summed E-state index contributed by atoms with van der Waals surface area (Å²) in [5.41, 5.74) is 0.779. The van der Waals surface area contributed by atoms with Crippen molar-refractivity contribution in [2.45, 2.75) is 19.4 Å². The monoisotopic (exact) mass is 342 g/mol. The van der Waals surface area contributed by atoms with E-state index in [4.69, 9.17) is 4.74 Å². The SMILES string of the molecule is O=C(CCC(=O)c1cccs1)OCc1nnnn1-c1ccccc1. The molecule has 3 rings (SSSR count). The predicted octanol–water partition coefficient (Wildman–Crippen LogP) is 2.43. The Morgan fingerprint density at radius 3 is 2.67 bits per heavy atom. The summed E-state index contributed by atoms with van der Waals surface area (Å²) in [6.07, 6.45) is 0.159. The number of rotatable bonds is 7. The van der Waals surface area contributed by atoms with Crippen LogP contribution in [0.4, 0.5) is 0 Å². The summed E-state index contributed by atoms with van der Waals surface area (Å²) in [7, 11) is 0. The number of hydrogen-bond acceptors (Lipinski definition) is 7. The first-order chi connectivity index (χ1) is 11.7. The van der Waals surface area contributed by atoms with Crippen molar-refractivity contribution in [2.75, 3.05) is 0 Å². The number of Topliss-reactive ketones (excluding diaryl/α,β-unsaturated/α-hetero) is 1. The molecule has 0 aliphatic carbocycles. The maximum absolute atomic E-state index is 11.8. The quantitative estimate of drug-likeness (QED) is 0.484. The lowest BCUT2D eigenvalue weighted by Gasteiger charge is -2.05. The fourth-order valence-electron chi connectivity index (χ4n) is 2.06. The Balaban J connectivity index is 1.52. The van der Waals surface area contributed by atoms with Crippen molar-refractivity contribution < 1.29 is 14.3 Å². The number of carbonyl (C=O) groups excluding carboxylic acids is 2. The zero-order valence-corrected chi connectivity index (χ0v) is 13.5. The van der Waals surface area contributed by atoms with Crippen molar-refractivity contribution in [1.82, 2.24) is 20.2 Å². The van der Waals surface area contributed by atoms with E-state index in [1.54, 1.807) is 12.1 Å². The molecule has 0 saturated carbocycles. The van der Waals surface area contributed by atoms with Crippen LogP contribution in [0.3, 0.4) is 0 Å². The Kier molecular flexibility index (Phi) is 5.07. The summed E-state index contributed by atoms with van der Waals surface area (Å²) in [6.45, 7) is -0.0477. The highest BCUT2D eigenvalue weighted by Crippen LogP contribution is 2.13. The molecule has 0 fully saturated rings. The Bertz CT molecular complexity index is 815. The second kappa shape index (κ2) is 7.60. The van der Waals surface area contributed by atoms with Gasteiger partial charge in [0.15, 0.2) is 18.2 Å². The van der Waals surface area contributed by atoms with Crippen molar-refractivity contribution in [3.63, 3.8) is 0 Å². The van der Waals surface area contributed by atoms with E-state index in [9.17, 15) is 9.59 Å². The molecule has 24 heavy (non-hydrogen) atoms. The number of thiophene rings is 1. The van der Waals surface area contributed by atoms with Gasteiger partial charge in [-0.1, -0.05) is 24.3 Å². The van der Waals surface area contributed by atoms with E-state index in [1.165, 1.54) is 16.0 Å². The van der Waals surface area contributed by atoms with E-state index in [-0.39, 0.29) is 25.2 Å². The van der Waals surface area contributed by atoms with E-state index in [2.05, 4.69) is 15.5 Å². The fraction of sp³-hybridized carbons (Fsp3) is 0.188. The number of nitrogens with zero attached hydrogens (tertiary/aromatic N) is 4. The van der Waals surface area contributed by atoms with Crippen LogP contribution in [0.5, 0.6) is 0 Å². The van der Waals surface area contributed by atoms with E-state index in [0.29, 0.717) is 10.7 Å². The molecule has 0 N–H and O–H groups in total. The van der Waals surface area contributed by atoms with Gasteiger partial charge >= 0.3 is 5.97 Å². The number of ether oxygens (including phenoxy) is 1. The highest BCUT2D eigenvalue weighted by atomic mass is 32.1. The van der Waals surface area contributed by atoms with Gasteiger partial charge in [-0.2, -0.15) is 4.68 Å². The summed E-state index contributed by atoms with van der Waals surface area (Å²) in [5.74, 6) is -0.0993. The number of esters is 1. The molecule has 0 bridgehead atoms. The molecule has 0 unspecified atom stereocenters. The molecule has 8 heteroatoms. The number of ketones is 1. The number of para-hydroxylation sites is 1. The van der Waals surface area contributed by atoms with Crippen LogP contribution in [-0.4, -0.2) is 32.0 Å². The summed E-state index contributed by atoms with van der Waals surface area (Å²) in [5, 5.41) is 13.2. The van der Waals surface area contributed by atoms with Crippen LogP contribution in [-0.2, 0) is 16.1 Å². The van der Waals surface area contributed by atoms with Crippen LogP contribution < -0.4 is 0 Å². The van der Waals surface area contributed by atoms with Gasteiger partial charge in [-0.25, -0.2) is 0 Å². The highest BCUT2D eigenvalue weighted by Gasteiger charge is 2.13. The lowest BCUT2D eigenvalue weighted by atomic mass is 10.2. The van der Waals surface area contributed by atoms with Crippen LogP contribution in [0.15, 0.2) is 47.8 Å². The molecular weight excluding hydrogens is 328 g/mol. The zero-order chi connectivity index (χ0) is 16.8. The highest BCUT2D eigenvalue weighted by molar-refractivity contribution is 7.12. The first-order valence-electron chi connectivity index (χ1n) is 7.29. The van der Waals surface area contributed by atoms with Crippen molar-refractivity contribution >= 4 is 23.1 Å². The summed E-state index contributed by atoms with van der Waals surface area (Å²) >= 11 is 1.36. The van der Waals surface area contributed by atoms with Crippen molar-refractivity contribution in [2.24, 2.45) is 0 Å². The first kappa shape index (κ1) is 16.0. The topological polar surface area (TPSA) is 87.0 Å². The smallest absolute Gasteiger partial charge is 0.306 e. The third-order valence-electron chi connectivity index (χ3n) is 3.25. The number of carbonyl (C=O) groups is 2. The maximum atomic E-state index is 11.8. The van der Waals surface area contributed by atoms with E-state index >= 15 is 0 Å². The van der Waals surface area contributed by atoms with Gasteiger partial charge in [0, 0.05) is 6.42 Å². The number of hydrogen-bond donors (Lipinski definition) is 0. The average molecular weight is 342 g/mol. The normalized spacial score (nSPS) is 10.5. The zero-order valence-electron chi connectivity index (χ0n) is 12.7. The molecule has 0 aliphatic heterocycles. The minimum atomic E-state index is -0.456. The molecule has 7 nitrogen and oxygen atoms in total. The molecule has 3 aromatic rings. The summed E-state index contributed by atoms with van der Waals surface area (Å²) in [4.78, 5) is 24.3. The average Bonchev–Trinajstić information content (AvgIpc) is 3.30. The van der Waals surface area contributed by atoms with Gasteiger partial charge in [0.2, 0.25) is 0 Å². The minimum Gasteiger partial charge on any atom is -0.457 e. The van der Waals surface area contributed by atoms with Gasteiger partial charge in [0.05, 0.1) is 17.0 Å². The second-order valence-corrected chi connectivity index (χ2v) is 5.85. The van der Waals surface area contributed by atoms with Gasteiger partial charge in [-0.3, -0.25) is 9.59 Å². The molecule has 2 heterocycles. The van der Waals surface area contributed by atoms with Crippen molar-refractivity contribution in [3.05, 3.63) is 58.5 Å². The lowest BCUT2D eigenvalue weighted by Crippen LogP contribution is -2.11. The van der Waals surface area contributed by atoms with Crippen molar-refractivity contribution in [1.29, 1.82) is 0 Å². The lowest BCUT2D eigenvalue weighted by molar-refractivity contribution is -0.145. The Hall–Kier alpha value is -2.87. The third kappa shape index (κ3) is 3.90. The van der Waals surface area contributed by atoms with E-state index in [0.717, 1.165) is 5.69 Å². The van der Waals surface area contributed by atoms with Gasteiger partial charge in [0.1, 0.15) is 0 Å². The van der Waals surface area contributed by atoms with E-state index in [1.807, 2.05) is 35.7 Å². The molecule has 1 aromatic carbocycles. The van der Waals surface area contributed by atoms with E-state index < -0.39 is 5.97 Å². The third-order valence-corrected chi connectivity index (χ3v) is 4.16. The van der Waals surface area contributed by atoms with Crippen LogP contribution >= 0.6 is 11.3 Å². The predicted molar refractivity (Wildman–Crippen MR) is 86.8 cm³/mol. The van der Waals surface area contributed by atoms with Gasteiger partial charge < -0.3 is 4.74 Å². The summed E-state index contributed by atoms with van der Waals surface area (Å²) < 4.78 is 6.67. The Morgan fingerprint density at radius 1 is 1.08 bits per heavy atom. The number of benzene rings is 1. The molecule has 0 aliphatic rings. The molecule has 122 valence electrons. The minimum absolute atomic E-state index is 0.0314. The number of aromatic nitrogens is 4. The molecular formula is C16H14N4O3S. The second-order valence-electron chi connectivity index (χ2n) is 4.90. The molecule has 2 aromatic heterocycles. The maximum Gasteiger partial charge on any atom is 0.306 e. The largest absolute Gasteiger partial charge is 0.457 e. The summed E-state index contributed by atoms with van der Waals surface area (Å²) in [6, 6.07) is 12.9. The van der Waals surface area contributed by atoms with Gasteiger partial charge in [0.25, 0.3) is 0 Å². The molecule has 0 saturated heterocycles. The Labute approximate surface area is 141 Å². The first-order valence-corrected chi connectivity index (χ1v) is 8.17. The van der Waals surface area contributed by atoms with Crippen LogP contribution in [0.2, 0.25) is 0 Å². The molecule has 0 amide bonds. The van der Waals surface area contributed by atoms with Crippen molar-refractivity contribution in [3.8, 4) is 5.69 Å². The van der Waals surface area contributed by atoms with Crippen LogP contribution in [0.1, 0.15) is 28.3 Å².